The van der Waals surface area contributed by atoms with Gasteiger partial charge in [-0.2, -0.15) is 0 Å². The molecule has 2 amide bonds. The first-order chi connectivity index (χ1) is 8.92. The molecule has 1 atom stereocenters. The highest BCUT2D eigenvalue weighted by Crippen LogP contribution is 2.00. The van der Waals surface area contributed by atoms with Gasteiger partial charge in [0, 0.05) is 26.6 Å². The van der Waals surface area contributed by atoms with Gasteiger partial charge in [0.25, 0.3) is 0 Å². The van der Waals surface area contributed by atoms with Gasteiger partial charge in [0.2, 0.25) is 0 Å². The lowest BCUT2D eigenvalue weighted by Crippen LogP contribution is -2.48. The number of hydrogen-bond acceptors (Lipinski definition) is 4. The third-order valence-corrected chi connectivity index (χ3v) is 2.48. The summed E-state index contributed by atoms with van der Waals surface area (Å²) >= 11 is 0. The topological polar surface area (TPSA) is 116 Å². The van der Waals surface area contributed by atoms with Crippen molar-refractivity contribution in [3.63, 3.8) is 0 Å². The maximum atomic E-state index is 11.8. The van der Waals surface area contributed by atoms with Crippen LogP contribution in [0.1, 0.15) is 19.8 Å². The van der Waals surface area contributed by atoms with E-state index in [0.29, 0.717) is 19.7 Å². The zero-order valence-electron chi connectivity index (χ0n) is 11.1. The Bertz CT molecular complexity index is 320. The standard InChI is InChI=1S/C11H20N2O6/c1-3-13(6-7-19-2)11(18)12-8(10(16)17)4-5-9(14)15/h8H,3-7H2,1-2H3,(H,12,18)(H,14,15)(H,16,17)/t8-/m0/s1. The fourth-order valence-electron chi connectivity index (χ4n) is 1.37. The zero-order valence-corrected chi connectivity index (χ0v) is 11.1. The van der Waals surface area contributed by atoms with Crippen molar-refractivity contribution in [3.8, 4) is 0 Å². The summed E-state index contributed by atoms with van der Waals surface area (Å²) in [6.45, 7) is 2.83. The van der Waals surface area contributed by atoms with E-state index >= 15 is 0 Å². The van der Waals surface area contributed by atoms with Crippen molar-refractivity contribution >= 4 is 18.0 Å². The second-order valence-electron chi connectivity index (χ2n) is 3.85. The molecule has 0 saturated carbocycles. The Hall–Kier alpha value is -1.83. The molecule has 0 spiro atoms. The molecule has 110 valence electrons. The van der Waals surface area contributed by atoms with Gasteiger partial charge in [0.1, 0.15) is 6.04 Å². The van der Waals surface area contributed by atoms with Gasteiger partial charge in [-0.05, 0) is 13.3 Å². The van der Waals surface area contributed by atoms with E-state index < -0.39 is 24.0 Å². The van der Waals surface area contributed by atoms with Crippen LogP contribution in [0.15, 0.2) is 0 Å². The molecule has 0 bridgehead atoms. The lowest BCUT2D eigenvalue weighted by molar-refractivity contribution is -0.140. The largest absolute Gasteiger partial charge is 0.481 e. The van der Waals surface area contributed by atoms with Crippen LogP contribution in [0.2, 0.25) is 0 Å². The van der Waals surface area contributed by atoms with E-state index in [9.17, 15) is 14.4 Å². The van der Waals surface area contributed by atoms with Crippen LogP contribution in [0, 0.1) is 0 Å². The van der Waals surface area contributed by atoms with Crippen molar-refractivity contribution in [3.05, 3.63) is 0 Å². The number of aliphatic carboxylic acids is 2. The first-order valence-corrected chi connectivity index (χ1v) is 5.91. The fourth-order valence-corrected chi connectivity index (χ4v) is 1.37. The highest BCUT2D eigenvalue weighted by atomic mass is 16.5. The van der Waals surface area contributed by atoms with Gasteiger partial charge in [-0.25, -0.2) is 9.59 Å². The predicted octanol–water partition coefficient (Wildman–Crippen LogP) is -0.0177. The maximum absolute atomic E-state index is 11.8. The number of likely N-dealkylation sites (N-methyl/N-ethyl adjacent to an activating group) is 1. The van der Waals surface area contributed by atoms with Gasteiger partial charge in [0.05, 0.1) is 6.61 Å². The average molecular weight is 276 g/mol. The van der Waals surface area contributed by atoms with Crippen molar-refractivity contribution in [2.75, 3.05) is 26.8 Å². The lowest BCUT2D eigenvalue weighted by atomic mass is 10.1. The van der Waals surface area contributed by atoms with E-state index in [4.69, 9.17) is 14.9 Å². The van der Waals surface area contributed by atoms with Gasteiger partial charge in [-0.15, -0.1) is 0 Å². The van der Waals surface area contributed by atoms with Crippen LogP contribution in [0.25, 0.3) is 0 Å². The Morgan fingerprint density at radius 1 is 1.32 bits per heavy atom. The number of amides is 2. The molecule has 0 radical (unpaired) electrons. The number of carboxylic acid groups (broad SMARTS) is 2. The Morgan fingerprint density at radius 2 is 1.95 bits per heavy atom. The molecule has 0 aliphatic rings. The SMILES string of the molecule is CCN(CCOC)C(=O)N[C@@H](CCC(=O)O)C(=O)O. The number of ether oxygens (including phenoxy) is 1. The highest BCUT2D eigenvalue weighted by Gasteiger charge is 2.23. The summed E-state index contributed by atoms with van der Waals surface area (Å²) in [5.74, 6) is -2.36. The van der Waals surface area contributed by atoms with Crippen LogP contribution in [0.3, 0.4) is 0 Å². The molecule has 0 aromatic carbocycles. The number of carbonyl (C=O) groups is 3. The predicted molar refractivity (Wildman–Crippen MR) is 65.9 cm³/mol. The van der Waals surface area contributed by atoms with Crippen LogP contribution < -0.4 is 5.32 Å². The maximum Gasteiger partial charge on any atom is 0.326 e. The smallest absolute Gasteiger partial charge is 0.326 e. The normalized spacial score (nSPS) is 11.7. The number of methoxy groups -OCH3 is 1. The Balaban J connectivity index is 4.42. The molecule has 0 heterocycles. The van der Waals surface area contributed by atoms with Gasteiger partial charge in [0.15, 0.2) is 0 Å². The van der Waals surface area contributed by atoms with Gasteiger partial charge in [-0.1, -0.05) is 0 Å². The summed E-state index contributed by atoms with van der Waals surface area (Å²) in [7, 11) is 1.50. The van der Waals surface area contributed by atoms with Gasteiger partial charge >= 0.3 is 18.0 Å². The first kappa shape index (κ1) is 17.2. The lowest BCUT2D eigenvalue weighted by Gasteiger charge is -2.23. The highest BCUT2D eigenvalue weighted by molar-refractivity contribution is 5.83. The van der Waals surface area contributed by atoms with E-state index in [1.165, 1.54) is 12.0 Å². The molecule has 0 aliphatic heterocycles. The minimum absolute atomic E-state index is 0.155. The monoisotopic (exact) mass is 276 g/mol. The molecule has 0 aromatic heterocycles. The summed E-state index contributed by atoms with van der Waals surface area (Å²) < 4.78 is 4.84. The number of nitrogens with one attached hydrogen (secondary N) is 1. The van der Waals surface area contributed by atoms with Crippen molar-refractivity contribution in [2.24, 2.45) is 0 Å². The van der Waals surface area contributed by atoms with Crippen molar-refractivity contribution < 1.29 is 29.3 Å². The molecular weight excluding hydrogens is 256 g/mol. The van der Waals surface area contributed by atoms with E-state index in [1.54, 1.807) is 6.92 Å². The van der Waals surface area contributed by atoms with Gasteiger partial charge in [-0.3, -0.25) is 4.79 Å². The average Bonchev–Trinajstić information content (AvgIpc) is 2.34. The van der Waals surface area contributed by atoms with Crippen molar-refractivity contribution in [1.82, 2.24) is 10.2 Å². The summed E-state index contributed by atoms with van der Waals surface area (Å²) in [6.07, 6.45) is -0.473. The zero-order chi connectivity index (χ0) is 14.8. The van der Waals surface area contributed by atoms with E-state index in [0.717, 1.165) is 0 Å². The molecule has 0 aliphatic carbocycles. The molecule has 8 nitrogen and oxygen atoms in total. The molecule has 0 unspecified atom stereocenters. The summed E-state index contributed by atoms with van der Waals surface area (Å²) in [5.41, 5.74) is 0. The molecular formula is C11H20N2O6. The summed E-state index contributed by atoms with van der Waals surface area (Å²) in [6, 6.07) is -1.75. The molecule has 19 heavy (non-hydrogen) atoms. The van der Waals surface area contributed by atoms with Crippen LogP contribution in [-0.2, 0) is 14.3 Å². The minimum atomic E-state index is -1.25. The first-order valence-electron chi connectivity index (χ1n) is 5.91. The second-order valence-corrected chi connectivity index (χ2v) is 3.85. The Morgan fingerprint density at radius 3 is 2.37 bits per heavy atom. The molecule has 8 heteroatoms. The van der Waals surface area contributed by atoms with Gasteiger partial charge < -0.3 is 25.2 Å². The van der Waals surface area contributed by atoms with Crippen LogP contribution in [0.4, 0.5) is 4.79 Å². The molecule has 0 rings (SSSR count). The second kappa shape index (κ2) is 9.15. The summed E-state index contributed by atoms with van der Waals surface area (Å²) in [4.78, 5) is 34.5. The Labute approximate surface area is 111 Å². The number of carbonyl (C=O) groups excluding carboxylic acids is 1. The third-order valence-electron chi connectivity index (χ3n) is 2.48. The van der Waals surface area contributed by atoms with Crippen LogP contribution >= 0.6 is 0 Å². The molecule has 0 fully saturated rings. The molecule has 0 saturated heterocycles. The van der Waals surface area contributed by atoms with Crippen molar-refractivity contribution in [1.29, 1.82) is 0 Å². The molecule has 3 N–H and O–H groups in total. The quantitative estimate of drug-likeness (QED) is 0.545. The molecule has 0 aromatic rings. The fraction of sp³-hybridized carbons (Fsp3) is 0.727. The van der Waals surface area contributed by atoms with E-state index in [2.05, 4.69) is 5.32 Å². The van der Waals surface area contributed by atoms with Crippen LogP contribution in [0.5, 0.6) is 0 Å². The number of nitrogens with zero attached hydrogens (tertiary/aromatic N) is 1. The van der Waals surface area contributed by atoms with Crippen molar-refractivity contribution in [2.45, 2.75) is 25.8 Å². The summed E-state index contributed by atoms with van der Waals surface area (Å²) in [5, 5.41) is 19.7. The van der Waals surface area contributed by atoms with E-state index in [1.807, 2.05) is 0 Å². The third kappa shape index (κ3) is 7.24. The number of carboxylic acids is 2. The number of hydrogen-bond donors (Lipinski definition) is 3. The van der Waals surface area contributed by atoms with Crippen LogP contribution in [-0.4, -0.2) is 65.9 Å². The minimum Gasteiger partial charge on any atom is -0.481 e. The number of rotatable bonds is 9. The van der Waals surface area contributed by atoms with E-state index in [-0.39, 0.29) is 12.8 Å². The Kier molecular flexibility index (Phi) is 8.27. The number of urea groups is 1.